The molecular formula is C19H15ClN4O4. The average molecular weight is 399 g/mol. The molecule has 0 aliphatic carbocycles. The molecule has 0 fully saturated rings. The number of hydrogen-bond donors (Lipinski definition) is 2. The summed E-state index contributed by atoms with van der Waals surface area (Å²) in [6, 6.07) is 9.78. The third-order valence-electron chi connectivity index (χ3n) is 4.36. The van der Waals surface area contributed by atoms with E-state index in [9.17, 15) is 14.4 Å². The lowest BCUT2D eigenvalue weighted by molar-refractivity contribution is 0.0949. The van der Waals surface area contributed by atoms with Crippen LogP contribution in [0.3, 0.4) is 0 Å². The van der Waals surface area contributed by atoms with E-state index in [2.05, 4.69) is 10.3 Å². The molecule has 0 radical (unpaired) electrons. The van der Waals surface area contributed by atoms with Crippen LogP contribution in [0.1, 0.15) is 16.1 Å². The van der Waals surface area contributed by atoms with Gasteiger partial charge in [-0.3, -0.25) is 9.59 Å². The third kappa shape index (κ3) is 3.03. The molecule has 0 unspecified atom stereocenters. The zero-order chi connectivity index (χ0) is 19.8. The lowest BCUT2D eigenvalue weighted by atomic mass is 10.2. The number of amides is 1. The zero-order valence-electron chi connectivity index (χ0n) is 14.7. The first-order valence-electron chi connectivity index (χ1n) is 8.36. The number of halogens is 1. The van der Waals surface area contributed by atoms with Gasteiger partial charge in [0.05, 0.1) is 29.6 Å². The molecule has 142 valence electrons. The van der Waals surface area contributed by atoms with E-state index in [1.165, 1.54) is 17.0 Å². The van der Waals surface area contributed by atoms with Crippen molar-refractivity contribution in [2.24, 2.45) is 7.05 Å². The van der Waals surface area contributed by atoms with Crippen molar-refractivity contribution in [3.63, 3.8) is 0 Å². The normalized spacial score (nSPS) is 11.1. The minimum absolute atomic E-state index is 0.180. The maximum Gasteiger partial charge on any atom is 0.333 e. The van der Waals surface area contributed by atoms with Crippen molar-refractivity contribution in [1.82, 2.24) is 19.4 Å². The number of carbonyl (C=O) groups is 1. The number of carbonyl (C=O) groups excluding carboxylic acids is 1. The highest BCUT2D eigenvalue weighted by molar-refractivity contribution is 6.30. The predicted molar refractivity (Wildman–Crippen MR) is 104 cm³/mol. The molecule has 0 aliphatic rings. The Morgan fingerprint density at radius 3 is 2.64 bits per heavy atom. The first-order valence-corrected chi connectivity index (χ1v) is 8.74. The van der Waals surface area contributed by atoms with E-state index in [0.717, 1.165) is 4.57 Å². The van der Waals surface area contributed by atoms with Crippen LogP contribution in [0.25, 0.3) is 16.7 Å². The number of aromatic nitrogens is 3. The maximum absolute atomic E-state index is 13.0. The van der Waals surface area contributed by atoms with Gasteiger partial charge in [-0.25, -0.2) is 9.36 Å². The Hall–Kier alpha value is -3.52. The van der Waals surface area contributed by atoms with Gasteiger partial charge in [0, 0.05) is 18.3 Å². The summed E-state index contributed by atoms with van der Waals surface area (Å²) in [5, 5.41) is 3.20. The second-order valence-corrected chi connectivity index (χ2v) is 6.62. The van der Waals surface area contributed by atoms with Gasteiger partial charge in [0.15, 0.2) is 0 Å². The fourth-order valence-corrected chi connectivity index (χ4v) is 3.17. The van der Waals surface area contributed by atoms with Gasteiger partial charge in [-0.2, -0.15) is 0 Å². The Kier molecular flexibility index (Phi) is 4.40. The molecule has 1 aromatic carbocycles. The molecule has 4 rings (SSSR count). The number of hydrogen-bond acceptors (Lipinski definition) is 4. The van der Waals surface area contributed by atoms with Gasteiger partial charge >= 0.3 is 5.69 Å². The van der Waals surface area contributed by atoms with E-state index in [1.807, 2.05) is 0 Å². The largest absolute Gasteiger partial charge is 0.467 e. The molecule has 4 aromatic rings. The van der Waals surface area contributed by atoms with Crippen LogP contribution in [0.5, 0.6) is 0 Å². The van der Waals surface area contributed by atoms with Crippen LogP contribution in [0.15, 0.2) is 62.9 Å². The van der Waals surface area contributed by atoms with Crippen molar-refractivity contribution in [2.45, 2.75) is 6.54 Å². The minimum atomic E-state index is -0.647. The number of H-pyrrole nitrogens is 1. The Morgan fingerprint density at radius 2 is 1.96 bits per heavy atom. The highest BCUT2D eigenvalue weighted by atomic mass is 35.5. The Morgan fingerprint density at radius 1 is 1.21 bits per heavy atom. The monoisotopic (exact) mass is 398 g/mol. The molecule has 0 saturated heterocycles. The summed E-state index contributed by atoms with van der Waals surface area (Å²) in [7, 11) is 1.64. The smallest absolute Gasteiger partial charge is 0.333 e. The lowest BCUT2D eigenvalue weighted by Gasteiger charge is -2.06. The number of aryl methyl sites for hydroxylation is 1. The van der Waals surface area contributed by atoms with Crippen molar-refractivity contribution in [3.8, 4) is 5.69 Å². The number of fused-ring (bicyclic) bond motifs is 1. The van der Waals surface area contributed by atoms with Crippen LogP contribution in [-0.4, -0.2) is 20.0 Å². The number of benzene rings is 1. The van der Waals surface area contributed by atoms with Crippen LogP contribution in [0, 0.1) is 0 Å². The number of aromatic amines is 1. The van der Waals surface area contributed by atoms with Gasteiger partial charge in [0.2, 0.25) is 0 Å². The molecule has 3 aromatic heterocycles. The molecule has 0 atom stereocenters. The summed E-state index contributed by atoms with van der Waals surface area (Å²) in [5.41, 5.74) is -0.221. The molecule has 3 heterocycles. The van der Waals surface area contributed by atoms with E-state index in [1.54, 1.807) is 43.4 Å². The van der Waals surface area contributed by atoms with Gasteiger partial charge in [-0.1, -0.05) is 11.6 Å². The standard InChI is InChI=1S/C19H15ClN4O4/c1-23-10-14(17(25)21-9-13-3-2-8-28-13)15-16(23)18(26)24(19(27)22-15)12-6-4-11(20)5-7-12/h2-8,10H,9H2,1H3,(H,21,25)(H,22,27). The predicted octanol–water partition coefficient (Wildman–Crippen LogP) is 2.19. The Balaban J connectivity index is 1.79. The van der Waals surface area contributed by atoms with Crippen molar-refractivity contribution < 1.29 is 9.21 Å². The number of rotatable bonds is 4. The minimum Gasteiger partial charge on any atom is -0.467 e. The lowest BCUT2D eigenvalue weighted by Crippen LogP contribution is -2.34. The first kappa shape index (κ1) is 17.9. The summed E-state index contributed by atoms with van der Waals surface area (Å²) in [5.74, 6) is 0.161. The highest BCUT2D eigenvalue weighted by Crippen LogP contribution is 2.16. The van der Waals surface area contributed by atoms with Gasteiger partial charge in [0.25, 0.3) is 11.5 Å². The van der Waals surface area contributed by atoms with Crippen LogP contribution < -0.4 is 16.6 Å². The second-order valence-electron chi connectivity index (χ2n) is 6.19. The fraction of sp³-hybridized carbons (Fsp3) is 0.105. The fourth-order valence-electron chi connectivity index (χ4n) is 3.04. The molecule has 0 saturated carbocycles. The van der Waals surface area contributed by atoms with Crippen molar-refractivity contribution in [2.75, 3.05) is 0 Å². The average Bonchev–Trinajstić information content (AvgIpc) is 3.29. The van der Waals surface area contributed by atoms with Crippen LogP contribution in [0.2, 0.25) is 5.02 Å². The van der Waals surface area contributed by atoms with Gasteiger partial charge in [0.1, 0.15) is 11.3 Å². The molecular weight excluding hydrogens is 384 g/mol. The molecule has 28 heavy (non-hydrogen) atoms. The summed E-state index contributed by atoms with van der Waals surface area (Å²) >= 11 is 5.88. The topological polar surface area (TPSA) is 102 Å². The zero-order valence-corrected chi connectivity index (χ0v) is 15.5. The molecule has 0 aliphatic heterocycles. The van der Waals surface area contributed by atoms with Crippen LogP contribution in [-0.2, 0) is 13.6 Å². The SMILES string of the molecule is Cn1cc(C(=O)NCc2ccco2)c2[nH]c(=O)n(-c3ccc(Cl)cc3)c(=O)c21. The van der Waals surface area contributed by atoms with E-state index in [0.29, 0.717) is 16.5 Å². The maximum atomic E-state index is 13.0. The first-order chi connectivity index (χ1) is 13.5. The van der Waals surface area contributed by atoms with Crippen molar-refractivity contribution >= 4 is 28.5 Å². The highest BCUT2D eigenvalue weighted by Gasteiger charge is 2.20. The molecule has 0 spiro atoms. The number of nitrogens with zero attached hydrogens (tertiary/aromatic N) is 2. The number of nitrogens with one attached hydrogen (secondary N) is 2. The summed E-state index contributed by atoms with van der Waals surface area (Å²) in [4.78, 5) is 40.8. The van der Waals surface area contributed by atoms with Crippen LogP contribution in [0.4, 0.5) is 0 Å². The summed E-state index contributed by atoms with van der Waals surface area (Å²) in [6.45, 7) is 0.189. The second kappa shape index (κ2) is 6.90. The van der Waals surface area contributed by atoms with E-state index in [-0.39, 0.29) is 23.1 Å². The quantitative estimate of drug-likeness (QED) is 0.550. The third-order valence-corrected chi connectivity index (χ3v) is 4.61. The molecule has 8 nitrogen and oxygen atoms in total. The number of furan rings is 1. The Bertz CT molecular complexity index is 1280. The summed E-state index contributed by atoms with van der Waals surface area (Å²) < 4.78 is 7.70. The van der Waals surface area contributed by atoms with E-state index < -0.39 is 17.2 Å². The molecule has 2 N–H and O–H groups in total. The van der Waals surface area contributed by atoms with Crippen molar-refractivity contribution in [3.05, 3.63) is 86.0 Å². The Labute approximate surface area is 163 Å². The van der Waals surface area contributed by atoms with Gasteiger partial charge in [-0.15, -0.1) is 0 Å². The van der Waals surface area contributed by atoms with Gasteiger partial charge < -0.3 is 19.3 Å². The molecule has 9 heteroatoms. The van der Waals surface area contributed by atoms with Crippen molar-refractivity contribution in [1.29, 1.82) is 0 Å². The molecule has 1 amide bonds. The van der Waals surface area contributed by atoms with Crippen LogP contribution >= 0.6 is 11.6 Å². The van der Waals surface area contributed by atoms with Gasteiger partial charge in [-0.05, 0) is 36.4 Å². The van der Waals surface area contributed by atoms with E-state index in [4.69, 9.17) is 16.0 Å². The summed E-state index contributed by atoms with van der Waals surface area (Å²) in [6.07, 6.45) is 3.02. The van der Waals surface area contributed by atoms with E-state index >= 15 is 0 Å². The molecule has 0 bridgehead atoms.